The molecule has 0 radical (unpaired) electrons. The smallest absolute Gasteiger partial charge is 0.225 e. The minimum absolute atomic E-state index is 0.0543. The highest BCUT2D eigenvalue weighted by Gasteiger charge is 2.21. The van der Waals surface area contributed by atoms with Crippen LogP contribution in [0.15, 0.2) is 36.4 Å². The van der Waals surface area contributed by atoms with Crippen LogP contribution in [0.25, 0.3) is 11.3 Å². The van der Waals surface area contributed by atoms with Crippen molar-refractivity contribution in [3.8, 4) is 22.8 Å². The number of nitrogens with zero attached hydrogens (tertiary/aromatic N) is 3. The molecule has 1 aliphatic rings. The highest BCUT2D eigenvalue weighted by molar-refractivity contribution is 14.1. The lowest BCUT2D eigenvalue weighted by Gasteiger charge is -2.18. The molecule has 0 aliphatic carbocycles. The first-order chi connectivity index (χ1) is 17.4. The lowest BCUT2D eigenvalue weighted by atomic mass is 10.1. The Morgan fingerprint density at radius 3 is 2.56 bits per heavy atom. The fraction of sp³-hybridized carbons (Fsp3) is 0.292. The Labute approximate surface area is 238 Å². The van der Waals surface area contributed by atoms with E-state index in [-0.39, 0.29) is 11.2 Å². The van der Waals surface area contributed by atoms with Crippen molar-refractivity contribution in [2.45, 2.75) is 19.4 Å². The first-order valence-electron chi connectivity index (χ1n) is 11.1. The number of nitrogens with one attached hydrogen (secondary N) is 2. The number of ether oxygens (including phenoxy) is 2. The number of halogens is 4. The molecule has 1 aliphatic heterocycles. The Kier molecular flexibility index (Phi) is 9.21. The fourth-order valence-electron chi connectivity index (χ4n) is 3.80. The maximum absolute atomic E-state index is 11.9. The molecule has 1 saturated heterocycles. The Bertz CT molecular complexity index is 1250. The van der Waals surface area contributed by atoms with Gasteiger partial charge in [0.25, 0.3) is 0 Å². The molecule has 36 heavy (non-hydrogen) atoms. The van der Waals surface area contributed by atoms with Gasteiger partial charge in [0.05, 0.1) is 46.6 Å². The molecule has 2 heterocycles. The van der Waals surface area contributed by atoms with Crippen molar-refractivity contribution < 1.29 is 14.3 Å². The molecule has 2 N–H and O–H groups in total. The zero-order valence-corrected chi connectivity index (χ0v) is 23.7. The third-order valence-electron chi connectivity index (χ3n) is 5.66. The number of aromatic nitrogens is 2. The van der Waals surface area contributed by atoms with Crippen LogP contribution in [-0.4, -0.2) is 47.6 Å². The number of benzene rings is 2. The second-order valence-corrected chi connectivity index (χ2v) is 9.65. The summed E-state index contributed by atoms with van der Waals surface area (Å²) in [6.45, 7) is 2.05. The van der Waals surface area contributed by atoms with Gasteiger partial charge in [0.15, 0.2) is 5.82 Å². The third-order valence-corrected chi connectivity index (χ3v) is 6.98. The average molecular weight is 663 g/mol. The van der Waals surface area contributed by atoms with Crippen molar-refractivity contribution in [1.82, 2.24) is 14.9 Å². The zero-order chi connectivity index (χ0) is 25.7. The largest absolute Gasteiger partial charge is 0.497 e. The highest BCUT2D eigenvalue weighted by Crippen LogP contribution is 2.41. The van der Waals surface area contributed by atoms with E-state index >= 15 is 0 Å². The number of likely N-dealkylation sites (tertiary alicyclic amines) is 1. The summed E-state index contributed by atoms with van der Waals surface area (Å²) in [5.74, 6) is 1.87. The fourth-order valence-corrected chi connectivity index (χ4v) is 5.01. The summed E-state index contributed by atoms with van der Waals surface area (Å²) in [5, 5.41) is 4.10. The molecule has 8 nitrogen and oxygen atoms in total. The van der Waals surface area contributed by atoms with Gasteiger partial charge in [0.1, 0.15) is 29.5 Å². The van der Waals surface area contributed by atoms with Crippen LogP contribution in [0.3, 0.4) is 0 Å². The van der Waals surface area contributed by atoms with Crippen LogP contribution in [0, 0.1) is 0 Å². The SMILES string of the molecule is COc1ccc(CNc2nc(Cl)nc(-c3cc(OCCN4CCCC4=O)c(Cl)cc3Cl)c2NI)cc1. The predicted molar refractivity (Wildman–Crippen MR) is 152 cm³/mol. The molecular formula is C24H23Cl3IN5O3. The Morgan fingerprint density at radius 1 is 1.11 bits per heavy atom. The number of hydrogen-bond donors (Lipinski definition) is 2. The predicted octanol–water partition coefficient (Wildman–Crippen LogP) is 6.49. The van der Waals surface area contributed by atoms with Gasteiger partial charge < -0.3 is 23.2 Å². The van der Waals surface area contributed by atoms with Crippen molar-refractivity contribution in [2.24, 2.45) is 0 Å². The quantitative estimate of drug-likeness (QED) is 0.146. The van der Waals surface area contributed by atoms with Gasteiger partial charge in [-0.3, -0.25) is 4.79 Å². The summed E-state index contributed by atoms with van der Waals surface area (Å²) in [4.78, 5) is 22.4. The van der Waals surface area contributed by atoms with E-state index in [1.54, 1.807) is 24.1 Å². The normalized spacial score (nSPS) is 13.1. The molecule has 0 saturated carbocycles. The second kappa shape index (κ2) is 12.4. The number of carbonyl (C=O) groups excluding carboxylic acids is 1. The molecule has 3 aromatic rings. The number of carbonyl (C=O) groups is 1. The van der Waals surface area contributed by atoms with E-state index in [4.69, 9.17) is 44.3 Å². The molecular weight excluding hydrogens is 640 g/mol. The monoisotopic (exact) mass is 661 g/mol. The number of rotatable bonds is 10. The Morgan fingerprint density at radius 2 is 1.89 bits per heavy atom. The zero-order valence-electron chi connectivity index (χ0n) is 19.3. The Hall–Kier alpha value is -2.21. The molecule has 1 aromatic heterocycles. The molecule has 0 bridgehead atoms. The van der Waals surface area contributed by atoms with Crippen molar-refractivity contribution >= 4 is 75.1 Å². The first kappa shape index (κ1) is 26.8. The summed E-state index contributed by atoms with van der Waals surface area (Å²) < 4.78 is 14.2. The lowest BCUT2D eigenvalue weighted by Crippen LogP contribution is -2.29. The molecule has 0 atom stereocenters. The van der Waals surface area contributed by atoms with Crippen LogP contribution in [0.1, 0.15) is 18.4 Å². The summed E-state index contributed by atoms with van der Waals surface area (Å²) >= 11 is 21.3. The van der Waals surface area contributed by atoms with E-state index in [0.29, 0.717) is 64.7 Å². The number of methoxy groups -OCH3 is 1. The minimum atomic E-state index is 0.0543. The van der Waals surface area contributed by atoms with E-state index in [1.165, 1.54) is 0 Å². The van der Waals surface area contributed by atoms with Crippen LogP contribution >= 0.6 is 57.7 Å². The van der Waals surface area contributed by atoms with Crippen LogP contribution in [0.4, 0.5) is 11.5 Å². The van der Waals surface area contributed by atoms with Crippen molar-refractivity contribution in [3.63, 3.8) is 0 Å². The molecule has 0 unspecified atom stereocenters. The molecule has 190 valence electrons. The van der Waals surface area contributed by atoms with Gasteiger partial charge in [-0.25, -0.2) is 4.98 Å². The summed E-state index contributed by atoms with van der Waals surface area (Å²) in [5.41, 5.74) is 2.70. The maximum atomic E-state index is 11.9. The van der Waals surface area contributed by atoms with E-state index < -0.39 is 0 Å². The maximum Gasteiger partial charge on any atom is 0.225 e. The standard InChI is InChI=1S/C24H23Cl3IN5O3/c1-35-15-6-4-14(5-7-15)13-29-23-22(32-28)21(30-24(27)31-23)16-11-19(18(26)12-17(16)25)36-10-9-33-8-2-3-20(33)34/h4-7,11-12,32H,2-3,8-10,13H2,1H3,(H,29,30,31). The van der Waals surface area contributed by atoms with Gasteiger partial charge in [0, 0.05) is 25.1 Å². The highest BCUT2D eigenvalue weighted by atomic mass is 127. The lowest BCUT2D eigenvalue weighted by molar-refractivity contribution is -0.128. The van der Waals surface area contributed by atoms with Crippen LogP contribution in [0.2, 0.25) is 15.3 Å². The topological polar surface area (TPSA) is 88.6 Å². The van der Waals surface area contributed by atoms with Crippen molar-refractivity contribution in [2.75, 3.05) is 35.7 Å². The van der Waals surface area contributed by atoms with Crippen LogP contribution in [-0.2, 0) is 11.3 Å². The molecule has 2 aromatic carbocycles. The van der Waals surface area contributed by atoms with Gasteiger partial charge in [-0.2, -0.15) is 4.98 Å². The molecule has 12 heteroatoms. The van der Waals surface area contributed by atoms with Crippen molar-refractivity contribution in [1.29, 1.82) is 0 Å². The minimum Gasteiger partial charge on any atom is -0.497 e. The second-order valence-electron chi connectivity index (χ2n) is 7.96. The first-order valence-corrected chi connectivity index (χ1v) is 13.3. The van der Waals surface area contributed by atoms with Gasteiger partial charge in [-0.15, -0.1) is 0 Å². The summed E-state index contributed by atoms with van der Waals surface area (Å²) in [6, 6.07) is 11.0. The van der Waals surface area contributed by atoms with Crippen LogP contribution in [0.5, 0.6) is 11.5 Å². The van der Waals surface area contributed by atoms with Gasteiger partial charge >= 0.3 is 0 Å². The third kappa shape index (κ3) is 6.37. The molecule has 0 spiro atoms. The number of anilines is 2. The number of amides is 1. The van der Waals surface area contributed by atoms with E-state index in [0.717, 1.165) is 24.3 Å². The summed E-state index contributed by atoms with van der Waals surface area (Å²) in [6.07, 6.45) is 1.46. The van der Waals surface area contributed by atoms with Gasteiger partial charge in [-0.05, 0) is 47.9 Å². The van der Waals surface area contributed by atoms with Crippen LogP contribution < -0.4 is 18.3 Å². The van der Waals surface area contributed by atoms with Crippen molar-refractivity contribution in [3.05, 3.63) is 57.3 Å². The molecule has 1 fully saturated rings. The van der Waals surface area contributed by atoms with Gasteiger partial charge in [-0.1, -0.05) is 35.3 Å². The van der Waals surface area contributed by atoms with E-state index in [2.05, 4.69) is 18.8 Å². The van der Waals surface area contributed by atoms with Gasteiger partial charge in [0.2, 0.25) is 11.2 Å². The van der Waals surface area contributed by atoms with E-state index in [1.807, 2.05) is 47.1 Å². The number of hydrogen-bond acceptors (Lipinski definition) is 7. The molecule has 1 amide bonds. The Balaban J connectivity index is 1.58. The van der Waals surface area contributed by atoms with E-state index in [9.17, 15) is 4.79 Å². The summed E-state index contributed by atoms with van der Waals surface area (Å²) in [7, 11) is 1.63. The molecule has 4 rings (SSSR count). The average Bonchev–Trinajstić information content (AvgIpc) is 3.28.